The number of benzene rings is 2. The summed E-state index contributed by atoms with van der Waals surface area (Å²) >= 11 is 1.70. The molecule has 5 rings (SSSR count). The molecule has 2 aromatic carbocycles. The van der Waals surface area contributed by atoms with Crippen molar-refractivity contribution >= 4 is 35.2 Å². The second kappa shape index (κ2) is 8.29. The van der Waals surface area contributed by atoms with Gasteiger partial charge >= 0.3 is 0 Å². The number of aryl methyl sites for hydroxylation is 2. The standard InChI is InChI=1S/C26H29N3O3S/c1-15-13-16(2)22-18(14-15)26(25(32)27-22)21-20(19(28-26)10-12-33-3)23(30)29(24(21)31)11-9-17-7-5-4-6-8-17/h4-8,13-14,19-21,28H,9-12H2,1-3H3,(H,27,32)/t19-,20-,21+,26-/m1/s1. The fraction of sp³-hybridized carbons (Fsp3) is 0.423. The largest absolute Gasteiger partial charge is 0.324 e. The molecule has 0 bridgehead atoms. The lowest BCUT2D eigenvalue weighted by Crippen LogP contribution is -2.53. The van der Waals surface area contributed by atoms with Crippen LogP contribution in [0.4, 0.5) is 5.69 Å². The molecule has 3 aliphatic heterocycles. The number of amides is 3. The van der Waals surface area contributed by atoms with Crippen molar-refractivity contribution in [2.45, 2.75) is 38.3 Å². The zero-order chi connectivity index (χ0) is 23.3. The van der Waals surface area contributed by atoms with Crippen LogP contribution in [0.3, 0.4) is 0 Å². The highest BCUT2D eigenvalue weighted by atomic mass is 32.2. The fourth-order valence-electron chi connectivity index (χ4n) is 5.92. The Bertz CT molecular complexity index is 1140. The van der Waals surface area contributed by atoms with E-state index >= 15 is 0 Å². The molecule has 4 atom stereocenters. The maximum Gasteiger partial charge on any atom is 0.250 e. The molecule has 2 aromatic rings. The SMILES string of the molecule is CSCC[C@H]1N[C@@]2(C(=O)Nc3c(C)cc(C)cc32)[C@@H]2C(=O)N(CCc3ccccc3)C(=O)[C@@H]21. The molecule has 0 unspecified atom stereocenters. The maximum absolute atomic E-state index is 13.8. The summed E-state index contributed by atoms with van der Waals surface area (Å²) in [5.41, 5.74) is 3.46. The van der Waals surface area contributed by atoms with E-state index in [0.29, 0.717) is 13.0 Å². The van der Waals surface area contributed by atoms with Crippen LogP contribution in [0.2, 0.25) is 0 Å². The van der Waals surface area contributed by atoms with E-state index in [4.69, 9.17) is 0 Å². The Morgan fingerprint density at radius 2 is 1.82 bits per heavy atom. The predicted molar refractivity (Wildman–Crippen MR) is 130 cm³/mol. The number of hydrogen-bond acceptors (Lipinski definition) is 5. The molecule has 2 fully saturated rings. The van der Waals surface area contributed by atoms with Crippen LogP contribution < -0.4 is 10.6 Å². The Labute approximate surface area is 198 Å². The van der Waals surface area contributed by atoms with Gasteiger partial charge in [0.05, 0.1) is 11.8 Å². The number of nitrogens with one attached hydrogen (secondary N) is 2. The number of thioether (sulfide) groups is 1. The highest BCUT2D eigenvalue weighted by molar-refractivity contribution is 7.98. The Kier molecular flexibility index (Phi) is 5.57. The summed E-state index contributed by atoms with van der Waals surface area (Å²) in [5.74, 6) is -1.01. The Morgan fingerprint density at radius 1 is 1.06 bits per heavy atom. The second-order valence-electron chi connectivity index (χ2n) is 9.37. The number of carbonyl (C=O) groups excluding carboxylic acids is 3. The molecule has 3 amide bonds. The van der Waals surface area contributed by atoms with E-state index in [1.54, 1.807) is 11.8 Å². The van der Waals surface area contributed by atoms with Gasteiger partial charge < -0.3 is 5.32 Å². The lowest BCUT2D eigenvalue weighted by Gasteiger charge is -2.30. The van der Waals surface area contributed by atoms with Crippen LogP contribution in [-0.2, 0) is 26.3 Å². The molecule has 7 heteroatoms. The Hall–Kier alpha value is -2.64. The first-order valence-electron chi connectivity index (χ1n) is 11.5. The summed E-state index contributed by atoms with van der Waals surface area (Å²) in [6.07, 6.45) is 3.36. The molecule has 2 N–H and O–H groups in total. The van der Waals surface area contributed by atoms with Gasteiger partial charge in [0.1, 0.15) is 5.54 Å². The van der Waals surface area contributed by atoms with E-state index in [1.165, 1.54) is 4.90 Å². The first kappa shape index (κ1) is 22.2. The van der Waals surface area contributed by atoms with Crippen LogP contribution in [0.25, 0.3) is 0 Å². The van der Waals surface area contributed by atoms with Crippen LogP contribution in [0.15, 0.2) is 42.5 Å². The molecule has 6 nitrogen and oxygen atoms in total. The topological polar surface area (TPSA) is 78.5 Å². The van der Waals surface area contributed by atoms with Crippen LogP contribution in [0.1, 0.15) is 28.7 Å². The quantitative estimate of drug-likeness (QED) is 0.644. The predicted octanol–water partition coefficient (Wildman–Crippen LogP) is 3.02. The number of likely N-dealkylation sites (tertiary alicyclic amines) is 1. The minimum atomic E-state index is -1.20. The van der Waals surface area contributed by atoms with Crippen LogP contribution in [-0.4, -0.2) is 47.2 Å². The Balaban J connectivity index is 1.55. The van der Waals surface area contributed by atoms with Gasteiger partial charge in [-0.2, -0.15) is 11.8 Å². The van der Waals surface area contributed by atoms with Gasteiger partial charge in [-0.3, -0.25) is 24.6 Å². The number of imide groups is 1. The number of carbonyl (C=O) groups is 3. The lowest BCUT2D eigenvalue weighted by atomic mass is 9.76. The van der Waals surface area contributed by atoms with Gasteiger partial charge in [0.25, 0.3) is 0 Å². The van der Waals surface area contributed by atoms with Crippen LogP contribution in [0, 0.1) is 25.7 Å². The van der Waals surface area contributed by atoms with Gasteiger partial charge in [-0.1, -0.05) is 48.0 Å². The third-order valence-electron chi connectivity index (χ3n) is 7.36. The summed E-state index contributed by atoms with van der Waals surface area (Å²) in [6, 6.07) is 13.7. The van der Waals surface area contributed by atoms with E-state index < -0.39 is 17.4 Å². The van der Waals surface area contributed by atoms with Gasteiger partial charge in [0.2, 0.25) is 17.7 Å². The van der Waals surface area contributed by atoms with Crippen molar-refractivity contribution in [2.75, 3.05) is 23.9 Å². The maximum atomic E-state index is 13.8. The molecule has 0 saturated carbocycles. The summed E-state index contributed by atoms with van der Waals surface area (Å²) in [7, 11) is 0. The molecule has 0 aliphatic carbocycles. The van der Waals surface area contributed by atoms with Crippen molar-refractivity contribution in [2.24, 2.45) is 11.8 Å². The van der Waals surface area contributed by atoms with Crippen molar-refractivity contribution < 1.29 is 14.4 Å². The van der Waals surface area contributed by atoms with Gasteiger partial charge in [-0.15, -0.1) is 0 Å². The number of nitrogens with zero attached hydrogens (tertiary/aromatic N) is 1. The third kappa shape index (κ3) is 3.32. The molecule has 2 saturated heterocycles. The number of rotatable bonds is 6. The highest BCUT2D eigenvalue weighted by Crippen LogP contribution is 2.54. The first-order chi connectivity index (χ1) is 15.9. The monoisotopic (exact) mass is 463 g/mol. The summed E-state index contributed by atoms with van der Waals surface area (Å²) in [6.45, 7) is 4.30. The lowest BCUT2D eigenvalue weighted by molar-refractivity contribution is -0.142. The zero-order valence-electron chi connectivity index (χ0n) is 19.2. The van der Waals surface area contributed by atoms with Crippen LogP contribution >= 0.6 is 11.8 Å². The second-order valence-corrected chi connectivity index (χ2v) is 10.4. The molecular weight excluding hydrogens is 434 g/mol. The molecule has 33 heavy (non-hydrogen) atoms. The fourth-order valence-corrected chi connectivity index (χ4v) is 6.41. The van der Waals surface area contributed by atoms with Crippen molar-refractivity contribution in [1.29, 1.82) is 0 Å². The summed E-state index contributed by atoms with van der Waals surface area (Å²) in [4.78, 5) is 42.4. The smallest absolute Gasteiger partial charge is 0.250 e. The van der Waals surface area contributed by atoms with Crippen molar-refractivity contribution in [3.8, 4) is 0 Å². The normalized spacial score (nSPS) is 27.9. The summed E-state index contributed by atoms with van der Waals surface area (Å²) < 4.78 is 0. The van der Waals surface area contributed by atoms with E-state index in [9.17, 15) is 14.4 Å². The number of hydrogen-bond donors (Lipinski definition) is 2. The minimum Gasteiger partial charge on any atom is -0.324 e. The van der Waals surface area contributed by atoms with Gasteiger partial charge in [0, 0.05) is 23.8 Å². The number of anilines is 1. The van der Waals surface area contributed by atoms with E-state index in [2.05, 4.69) is 10.6 Å². The average Bonchev–Trinajstić information content (AvgIpc) is 3.37. The molecule has 0 aromatic heterocycles. The van der Waals surface area contributed by atoms with Crippen molar-refractivity contribution in [3.05, 3.63) is 64.7 Å². The van der Waals surface area contributed by atoms with Crippen molar-refractivity contribution in [1.82, 2.24) is 10.2 Å². The van der Waals surface area contributed by atoms with Crippen LogP contribution in [0.5, 0.6) is 0 Å². The van der Waals surface area contributed by atoms with Gasteiger partial charge in [0.15, 0.2) is 0 Å². The summed E-state index contributed by atoms with van der Waals surface area (Å²) in [5, 5.41) is 6.56. The zero-order valence-corrected chi connectivity index (χ0v) is 20.0. The average molecular weight is 464 g/mol. The molecule has 3 aliphatic rings. The Morgan fingerprint density at radius 3 is 2.55 bits per heavy atom. The van der Waals surface area contributed by atoms with Gasteiger partial charge in [-0.25, -0.2) is 0 Å². The molecular formula is C26H29N3O3S. The van der Waals surface area contributed by atoms with E-state index in [-0.39, 0.29) is 23.8 Å². The number of fused-ring (bicyclic) bond motifs is 4. The molecule has 3 heterocycles. The van der Waals surface area contributed by atoms with E-state index in [0.717, 1.165) is 40.1 Å². The third-order valence-corrected chi connectivity index (χ3v) is 8.00. The molecule has 1 spiro atoms. The molecule has 172 valence electrons. The van der Waals surface area contributed by atoms with Crippen molar-refractivity contribution in [3.63, 3.8) is 0 Å². The minimum absolute atomic E-state index is 0.151. The molecule has 0 radical (unpaired) electrons. The van der Waals surface area contributed by atoms with E-state index in [1.807, 2.05) is 62.6 Å². The first-order valence-corrected chi connectivity index (χ1v) is 12.9. The highest BCUT2D eigenvalue weighted by Gasteiger charge is 2.70. The van der Waals surface area contributed by atoms with Gasteiger partial charge in [-0.05, 0) is 49.8 Å².